The van der Waals surface area contributed by atoms with Gasteiger partial charge in [-0.25, -0.2) is 9.18 Å². The van der Waals surface area contributed by atoms with E-state index in [1.54, 1.807) is 39.0 Å². The van der Waals surface area contributed by atoms with Crippen molar-refractivity contribution in [3.05, 3.63) is 95.4 Å². The van der Waals surface area contributed by atoms with Gasteiger partial charge in [-0.05, 0) is 49.1 Å². The molecular formula is C29H27FN2O5. The minimum atomic E-state index is -0.977. The quantitative estimate of drug-likeness (QED) is 0.281. The largest absolute Gasteiger partial charge is 0.481 e. The van der Waals surface area contributed by atoms with Gasteiger partial charge in [0.15, 0.2) is 5.76 Å². The maximum absolute atomic E-state index is 13.7. The second-order valence-electron chi connectivity index (χ2n) is 9.16. The van der Waals surface area contributed by atoms with Crippen molar-refractivity contribution < 1.29 is 28.3 Å². The highest BCUT2D eigenvalue weighted by Gasteiger charge is 2.29. The normalized spacial score (nSPS) is 11.2. The molecule has 0 fully saturated rings. The molecule has 0 bridgehead atoms. The number of carboxylic acids is 1. The van der Waals surface area contributed by atoms with E-state index >= 15 is 0 Å². The van der Waals surface area contributed by atoms with Gasteiger partial charge in [0, 0.05) is 12.0 Å². The van der Waals surface area contributed by atoms with Gasteiger partial charge >= 0.3 is 12.1 Å². The molecule has 2 N–H and O–H groups in total. The first kappa shape index (κ1) is 25.6. The summed E-state index contributed by atoms with van der Waals surface area (Å²) < 4.78 is 24.4. The van der Waals surface area contributed by atoms with Crippen LogP contribution in [0.3, 0.4) is 0 Å². The van der Waals surface area contributed by atoms with Gasteiger partial charge in [-0.1, -0.05) is 71.9 Å². The fourth-order valence-electron chi connectivity index (χ4n) is 3.82. The molecule has 1 heterocycles. The molecule has 0 aliphatic rings. The smallest absolute Gasteiger partial charge is 0.411 e. The summed E-state index contributed by atoms with van der Waals surface area (Å²) in [6, 6.07) is 21.2. The number of nitrogens with one attached hydrogen (secondary N) is 1. The molecular weight excluding hydrogens is 475 g/mol. The Labute approximate surface area is 213 Å². The zero-order valence-electron chi connectivity index (χ0n) is 20.7. The molecule has 3 aromatic carbocycles. The molecule has 1 aromatic heterocycles. The number of carboxylic acid groups (broad SMARTS) is 1. The average Bonchev–Trinajstić information content (AvgIpc) is 3.25. The Hall–Kier alpha value is -4.46. The van der Waals surface area contributed by atoms with Gasteiger partial charge in [0.2, 0.25) is 0 Å². The number of ether oxygens (including phenoxy) is 1. The molecule has 0 radical (unpaired) electrons. The molecule has 0 saturated heterocycles. The van der Waals surface area contributed by atoms with Crippen molar-refractivity contribution in [2.45, 2.75) is 32.6 Å². The molecule has 0 atom stereocenters. The zero-order valence-corrected chi connectivity index (χ0v) is 20.7. The summed E-state index contributed by atoms with van der Waals surface area (Å²) >= 11 is 0. The minimum absolute atomic E-state index is 0.0174. The maximum atomic E-state index is 13.7. The van der Waals surface area contributed by atoms with Crippen LogP contribution in [0.25, 0.3) is 22.5 Å². The summed E-state index contributed by atoms with van der Waals surface area (Å²) in [5.41, 5.74) is 3.66. The number of hydrogen-bond acceptors (Lipinski definition) is 5. The van der Waals surface area contributed by atoms with Crippen molar-refractivity contribution in [2.24, 2.45) is 0 Å². The topological polar surface area (TPSA) is 102 Å². The van der Waals surface area contributed by atoms with Crippen molar-refractivity contribution in [1.29, 1.82) is 0 Å². The molecule has 4 rings (SSSR count). The molecule has 190 valence electrons. The zero-order chi connectivity index (χ0) is 26.6. The van der Waals surface area contributed by atoms with E-state index in [9.17, 15) is 19.1 Å². The summed E-state index contributed by atoms with van der Waals surface area (Å²) in [4.78, 5) is 23.9. The van der Waals surface area contributed by atoms with E-state index in [4.69, 9.17) is 9.26 Å². The lowest BCUT2D eigenvalue weighted by Gasteiger charge is -2.19. The number of aryl methyl sites for hydroxylation is 1. The number of aromatic nitrogens is 1. The van der Waals surface area contributed by atoms with E-state index in [1.807, 2.05) is 48.5 Å². The van der Waals surface area contributed by atoms with Crippen LogP contribution in [0, 0.1) is 12.7 Å². The summed E-state index contributed by atoms with van der Waals surface area (Å²) in [7, 11) is 0. The van der Waals surface area contributed by atoms with Gasteiger partial charge in [0.1, 0.15) is 17.2 Å². The van der Waals surface area contributed by atoms with Crippen LogP contribution in [0.15, 0.2) is 77.3 Å². The van der Waals surface area contributed by atoms with E-state index in [-0.39, 0.29) is 18.8 Å². The van der Waals surface area contributed by atoms with Crippen LogP contribution in [0.4, 0.5) is 14.9 Å². The van der Waals surface area contributed by atoms with Crippen LogP contribution in [0.5, 0.6) is 0 Å². The first-order chi connectivity index (χ1) is 17.7. The second kappa shape index (κ2) is 10.7. The van der Waals surface area contributed by atoms with E-state index < -0.39 is 17.5 Å². The summed E-state index contributed by atoms with van der Waals surface area (Å²) in [6.07, 6.45) is -0.434. The van der Waals surface area contributed by atoms with Crippen molar-refractivity contribution in [3.8, 4) is 22.5 Å². The Kier molecular flexibility index (Phi) is 7.38. The predicted octanol–water partition coefficient (Wildman–Crippen LogP) is 6.61. The lowest BCUT2D eigenvalue weighted by molar-refractivity contribution is -0.142. The van der Waals surface area contributed by atoms with Gasteiger partial charge in [-0.3, -0.25) is 10.1 Å². The van der Waals surface area contributed by atoms with Crippen LogP contribution in [0.1, 0.15) is 30.7 Å². The number of rotatable bonds is 8. The molecule has 7 nitrogen and oxygen atoms in total. The maximum Gasteiger partial charge on any atom is 0.411 e. The summed E-state index contributed by atoms with van der Waals surface area (Å²) in [5.74, 6) is -0.842. The third-order valence-corrected chi connectivity index (χ3v) is 6.27. The summed E-state index contributed by atoms with van der Waals surface area (Å²) in [6.45, 7) is 5.06. The first-order valence-corrected chi connectivity index (χ1v) is 11.7. The standard InChI is InChI=1S/C29H27FN2O5/c1-18-25(31-28(35)36-17-16-21-6-4-5-7-24(21)30)26(37-32-18)22-10-8-19(9-11-22)20-12-14-23(15-13-20)29(2,3)27(33)34/h4-15H,16-17H2,1-3H3,(H,31,35)(H,33,34). The third kappa shape index (κ3) is 5.69. The number of amides is 1. The molecule has 0 spiro atoms. The molecule has 0 unspecified atom stereocenters. The molecule has 0 saturated carbocycles. The van der Waals surface area contributed by atoms with Gasteiger partial charge in [-0.15, -0.1) is 0 Å². The fraction of sp³-hybridized carbons (Fsp3) is 0.207. The molecule has 1 amide bonds. The Morgan fingerprint density at radius 3 is 2.19 bits per heavy atom. The van der Waals surface area contributed by atoms with E-state index in [0.717, 1.165) is 11.1 Å². The molecule has 8 heteroatoms. The van der Waals surface area contributed by atoms with Crippen molar-refractivity contribution in [1.82, 2.24) is 5.16 Å². The van der Waals surface area contributed by atoms with Crippen molar-refractivity contribution in [3.63, 3.8) is 0 Å². The van der Waals surface area contributed by atoms with Crippen LogP contribution in [-0.4, -0.2) is 28.9 Å². The number of benzene rings is 3. The Bertz CT molecular complexity index is 1410. The lowest BCUT2D eigenvalue weighted by atomic mass is 9.84. The number of anilines is 1. The first-order valence-electron chi connectivity index (χ1n) is 11.7. The number of carbonyl (C=O) groups is 2. The number of carbonyl (C=O) groups excluding carboxylic acids is 1. The molecule has 0 aliphatic carbocycles. The van der Waals surface area contributed by atoms with Gasteiger partial charge in [0.05, 0.1) is 12.0 Å². The highest BCUT2D eigenvalue weighted by molar-refractivity contribution is 5.91. The second-order valence-corrected chi connectivity index (χ2v) is 9.16. The summed E-state index contributed by atoms with van der Waals surface area (Å²) in [5, 5.41) is 16.1. The highest BCUT2D eigenvalue weighted by atomic mass is 19.1. The number of nitrogens with zero attached hydrogens (tertiary/aromatic N) is 1. The van der Waals surface area contributed by atoms with Gasteiger partial charge < -0.3 is 14.4 Å². The van der Waals surface area contributed by atoms with Crippen LogP contribution >= 0.6 is 0 Å². The van der Waals surface area contributed by atoms with Crippen LogP contribution in [-0.2, 0) is 21.4 Å². The predicted molar refractivity (Wildman–Crippen MR) is 138 cm³/mol. The minimum Gasteiger partial charge on any atom is -0.481 e. The Balaban J connectivity index is 1.43. The third-order valence-electron chi connectivity index (χ3n) is 6.27. The van der Waals surface area contributed by atoms with E-state index in [2.05, 4.69) is 10.5 Å². The van der Waals surface area contributed by atoms with Crippen molar-refractivity contribution >= 4 is 17.7 Å². The lowest BCUT2D eigenvalue weighted by Crippen LogP contribution is -2.28. The SMILES string of the molecule is Cc1noc(-c2ccc(-c3ccc(C(C)(C)C(=O)O)cc3)cc2)c1NC(=O)OCCc1ccccc1F. The number of aliphatic carboxylic acids is 1. The van der Waals surface area contributed by atoms with Gasteiger partial charge in [-0.2, -0.15) is 0 Å². The molecule has 37 heavy (non-hydrogen) atoms. The van der Waals surface area contributed by atoms with Crippen LogP contribution in [0.2, 0.25) is 0 Å². The molecule has 4 aromatic rings. The number of hydrogen-bond donors (Lipinski definition) is 2. The molecule has 0 aliphatic heterocycles. The number of halogens is 1. The van der Waals surface area contributed by atoms with E-state index in [1.165, 1.54) is 6.07 Å². The Morgan fingerprint density at radius 1 is 0.973 bits per heavy atom. The van der Waals surface area contributed by atoms with Gasteiger partial charge in [0.25, 0.3) is 0 Å². The Morgan fingerprint density at radius 2 is 1.57 bits per heavy atom. The van der Waals surface area contributed by atoms with E-state index in [0.29, 0.717) is 33.8 Å². The fourth-order valence-corrected chi connectivity index (χ4v) is 3.82. The van der Waals surface area contributed by atoms with Crippen LogP contribution < -0.4 is 5.32 Å². The highest BCUT2D eigenvalue weighted by Crippen LogP contribution is 2.33. The average molecular weight is 503 g/mol. The van der Waals surface area contributed by atoms with Crippen molar-refractivity contribution in [2.75, 3.05) is 11.9 Å². The monoisotopic (exact) mass is 502 g/mol.